The number of aliphatic hydroxyl groups excluding tert-OH is 4. The molecule has 0 bridgehead atoms. The van der Waals surface area contributed by atoms with E-state index in [1.807, 2.05) is 6.07 Å². The van der Waals surface area contributed by atoms with E-state index in [0.29, 0.717) is 41.7 Å². The largest absolute Gasteiger partial charge is 0.491 e. The van der Waals surface area contributed by atoms with E-state index in [9.17, 15) is 20.4 Å². The van der Waals surface area contributed by atoms with Crippen molar-refractivity contribution in [1.29, 1.82) is 0 Å². The smallest absolute Gasteiger partial charge is 0.141 e. The van der Waals surface area contributed by atoms with Gasteiger partial charge >= 0.3 is 0 Å². The lowest BCUT2D eigenvalue weighted by Gasteiger charge is -2.40. The van der Waals surface area contributed by atoms with Gasteiger partial charge in [0.1, 0.15) is 36.3 Å². The van der Waals surface area contributed by atoms with Crippen molar-refractivity contribution in [3.05, 3.63) is 63.2 Å². The molecule has 5 unspecified atom stereocenters. The quantitative estimate of drug-likeness (QED) is 0.547. The predicted octanol–water partition coefficient (Wildman–Crippen LogP) is 2.65. The summed E-state index contributed by atoms with van der Waals surface area (Å²) in [7, 11) is 0. The molecule has 0 spiro atoms. The Morgan fingerprint density at radius 1 is 1.00 bits per heavy atom. The van der Waals surface area contributed by atoms with E-state index in [0.717, 1.165) is 16.7 Å². The molecular formula is C25H29ClO6. The second kappa shape index (κ2) is 8.93. The summed E-state index contributed by atoms with van der Waals surface area (Å²) < 4.78 is 11.7. The maximum atomic E-state index is 10.7. The molecule has 6 nitrogen and oxygen atoms in total. The first-order valence-electron chi connectivity index (χ1n) is 11.3. The van der Waals surface area contributed by atoms with Crippen LogP contribution in [0.3, 0.4) is 0 Å². The van der Waals surface area contributed by atoms with Crippen LogP contribution in [0.25, 0.3) is 0 Å². The molecule has 2 aliphatic heterocycles. The Labute approximate surface area is 192 Å². The molecular weight excluding hydrogens is 432 g/mol. The van der Waals surface area contributed by atoms with Crippen LogP contribution in [0.2, 0.25) is 5.02 Å². The number of ether oxygens (including phenoxy) is 2. The van der Waals surface area contributed by atoms with Crippen molar-refractivity contribution in [3.8, 4) is 5.75 Å². The van der Waals surface area contributed by atoms with Crippen LogP contribution in [-0.4, -0.2) is 58.1 Å². The monoisotopic (exact) mass is 460 g/mol. The van der Waals surface area contributed by atoms with Crippen molar-refractivity contribution in [3.63, 3.8) is 0 Å². The van der Waals surface area contributed by atoms with Gasteiger partial charge < -0.3 is 29.9 Å². The lowest BCUT2D eigenvalue weighted by Crippen LogP contribution is -2.55. The molecule has 172 valence electrons. The standard InChI is InChI=1S/C25H29ClO6/c26-20-16(10-13-4-6-15(7-5-13)14-2-1-3-14)11-18(17-8-9-31-24(17)20)25-23(30)22(29)21(28)19(12-27)32-25/h4-7,11,14,19,21-23,25,27-30H,1-3,8-10,12H2. The summed E-state index contributed by atoms with van der Waals surface area (Å²) in [5.74, 6) is 1.26. The van der Waals surface area contributed by atoms with E-state index in [2.05, 4.69) is 24.3 Å². The van der Waals surface area contributed by atoms with Crippen LogP contribution in [0.15, 0.2) is 30.3 Å². The van der Waals surface area contributed by atoms with E-state index in [-0.39, 0.29) is 0 Å². The molecule has 3 aliphatic rings. The van der Waals surface area contributed by atoms with E-state index >= 15 is 0 Å². The van der Waals surface area contributed by atoms with Gasteiger partial charge in [-0.3, -0.25) is 0 Å². The molecule has 5 atom stereocenters. The Bertz CT molecular complexity index is 971. The molecule has 4 N–H and O–H groups in total. The molecule has 1 saturated heterocycles. The third-order valence-electron chi connectivity index (χ3n) is 7.18. The summed E-state index contributed by atoms with van der Waals surface area (Å²) in [6.07, 6.45) is -1.01. The molecule has 1 aliphatic carbocycles. The summed E-state index contributed by atoms with van der Waals surface area (Å²) in [5, 5.41) is 41.2. The molecule has 2 aromatic rings. The fraction of sp³-hybridized carbons (Fsp3) is 0.520. The predicted molar refractivity (Wildman–Crippen MR) is 119 cm³/mol. The minimum atomic E-state index is -1.43. The van der Waals surface area contributed by atoms with E-state index in [1.165, 1.54) is 24.8 Å². The van der Waals surface area contributed by atoms with Gasteiger partial charge in [-0.25, -0.2) is 0 Å². The van der Waals surface area contributed by atoms with Crippen molar-refractivity contribution in [2.75, 3.05) is 13.2 Å². The molecule has 32 heavy (non-hydrogen) atoms. The van der Waals surface area contributed by atoms with Gasteiger partial charge in [0, 0.05) is 12.0 Å². The number of hydrogen-bond donors (Lipinski definition) is 4. The third-order valence-corrected chi connectivity index (χ3v) is 7.60. The molecule has 2 heterocycles. The highest BCUT2D eigenvalue weighted by molar-refractivity contribution is 6.33. The highest BCUT2D eigenvalue weighted by atomic mass is 35.5. The normalized spacial score (nSPS) is 30.0. The summed E-state index contributed by atoms with van der Waals surface area (Å²) >= 11 is 6.71. The molecule has 0 aromatic heterocycles. The highest BCUT2D eigenvalue weighted by Gasteiger charge is 2.45. The zero-order chi connectivity index (χ0) is 22.4. The van der Waals surface area contributed by atoms with Crippen LogP contribution in [0.1, 0.15) is 59.1 Å². The van der Waals surface area contributed by atoms with Crippen LogP contribution in [0, 0.1) is 0 Å². The van der Waals surface area contributed by atoms with Crippen LogP contribution in [0.5, 0.6) is 5.75 Å². The molecule has 1 saturated carbocycles. The van der Waals surface area contributed by atoms with Crippen molar-refractivity contribution in [1.82, 2.24) is 0 Å². The number of benzene rings is 2. The van der Waals surface area contributed by atoms with Crippen LogP contribution >= 0.6 is 11.6 Å². The number of fused-ring (bicyclic) bond motifs is 1. The van der Waals surface area contributed by atoms with Gasteiger partial charge in [0.15, 0.2) is 0 Å². The molecule has 0 radical (unpaired) electrons. The minimum absolute atomic E-state index is 0.464. The fourth-order valence-electron chi connectivity index (χ4n) is 5.02. The molecule has 0 amide bonds. The van der Waals surface area contributed by atoms with Crippen molar-refractivity contribution in [2.45, 2.75) is 68.5 Å². The average molecular weight is 461 g/mol. The van der Waals surface area contributed by atoms with E-state index in [4.69, 9.17) is 21.1 Å². The maximum Gasteiger partial charge on any atom is 0.141 e. The lowest BCUT2D eigenvalue weighted by atomic mass is 9.80. The van der Waals surface area contributed by atoms with Gasteiger partial charge in [0.2, 0.25) is 0 Å². The highest BCUT2D eigenvalue weighted by Crippen LogP contribution is 2.45. The Morgan fingerprint density at radius 3 is 2.41 bits per heavy atom. The van der Waals surface area contributed by atoms with E-state index in [1.54, 1.807) is 0 Å². The van der Waals surface area contributed by atoms with Crippen LogP contribution in [-0.2, 0) is 17.6 Å². The minimum Gasteiger partial charge on any atom is -0.491 e. The maximum absolute atomic E-state index is 10.7. The Hall–Kier alpha value is -1.67. The van der Waals surface area contributed by atoms with Crippen molar-refractivity contribution < 1.29 is 29.9 Å². The summed E-state index contributed by atoms with van der Waals surface area (Å²) in [6, 6.07) is 10.5. The Morgan fingerprint density at radius 2 is 1.75 bits per heavy atom. The van der Waals surface area contributed by atoms with Crippen molar-refractivity contribution >= 4 is 11.6 Å². The van der Waals surface area contributed by atoms with Gasteiger partial charge in [0.05, 0.1) is 18.2 Å². The SMILES string of the molecule is OCC1OC(c2cc(Cc3ccc(C4CCC4)cc3)c(Cl)c3c2CCO3)C(O)C(O)C1O. The van der Waals surface area contributed by atoms with Gasteiger partial charge in [-0.1, -0.05) is 48.4 Å². The first kappa shape index (κ1) is 22.1. The summed E-state index contributed by atoms with van der Waals surface area (Å²) in [4.78, 5) is 0. The topological polar surface area (TPSA) is 99.4 Å². The first-order valence-corrected chi connectivity index (χ1v) is 11.7. The van der Waals surface area contributed by atoms with Crippen molar-refractivity contribution in [2.24, 2.45) is 0 Å². The van der Waals surface area contributed by atoms with Crippen LogP contribution < -0.4 is 4.74 Å². The van der Waals surface area contributed by atoms with E-state index < -0.39 is 37.1 Å². The fourth-order valence-corrected chi connectivity index (χ4v) is 5.31. The number of aliphatic hydroxyl groups is 4. The second-order valence-electron chi connectivity index (χ2n) is 9.14. The molecule has 2 fully saturated rings. The number of halogens is 1. The van der Waals surface area contributed by atoms with Crippen LogP contribution in [0.4, 0.5) is 0 Å². The Kier molecular flexibility index (Phi) is 6.18. The van der Waals surface area contributed by atoms with Gasteiger partial charge in [-0.15, -0.1) is 0 Å². The zero-order valence-electron chi connectivity index (χ0n) is 17.8. The average Bonchev–Trinajstić information content (AvgIpc) is 3.25. The first-order chi connectivity index (χ1) is 15.5. The molecule has 7 heteroatoms. The third kappa shape index (κ3) is 3.83. The number of hydrogen-bond acceptors (Lipinski definition) is 6. The summed E-state index contributed by atoms with van der Waals surface area (Å²) in [6.45, 7) is 0.00689. The van der Waals surface area contributed by atoms with Gasteiger partial charge in [0.25, 0.3) is 0 Å². The van der Waals surface area contributed by atoms with Gasteiger partial charge in [-0.2, -0.15) is 0 Å². The Balaban J connectivity index is 1.48. The zero-order valence-corrected chi connectivity index (χ0v) is 18.5. The van der Waals surface area contributed by atoms with Gasteiger partial charge in [-0.05, 0) is 47.4 Å². The lowest BCUT2D eigenvalue weighted by molar-refractivity contribution is -0.231. The molecule has 5 rings (SSSR count). The summed E-state index contributed by atoms with van der Waals surface area (Å²) in [5.41, 5.74) is 4.86. The second-order valence-corrected chi connectivity index (χ2v) is 9.52. The molecule has 2 aromatic carbocycles. The number of rotatable bonds is 5.